The largest absolute Gasteiger partial charge is 0.480 e. The summed E-state index contributed by atoms with van der Waals surface area (Å²) < 4.78 is 5.32. The van der Waals surface area contributed by atoms with Crippen LogP contribution < -0.4 is 5.32 Å². The lowest BCUT2D eigenvalue weighted by atomic mass is 10.1. The Morgan fingerprint density at radius 1 is 1.16 bits per heavy atom. The van der Waals surface area contributed by atoms with Crippen molar-refractivity contribution in [1.29, 1.82) is 0 Å². The van der Waals surface area contributed by atoms with E-state index in [4.69, 9.17) is 4.74 Å². The summed E-state index contributed by atoms with van der Waals surface area (Å²) in [6.45, 7) is 1.79. The molecule has 0 radical (unpaired) electrons. The number of nitrogens with zero attached hydrogens (tertiary/aromatic N) is 1. The highest BCUT2D eigenvalue weighted by molar-refractivity contribution is 5.82. The predicted octanol–water partition coefficient (Wildman–Crippen LogP) is 1.20. The van der Waals surface area contributed by atoms with Crippen LogP contribution in [-0.2, 0) is 9.53 Å². The molecule has 0 spiro atoms. The normalized spacial score (nSPS) is 28.5. The summed E-state index contributed by atoms with van der Waals surface area (Å²) in [6.07, 6.45) is 5.11. The maximum absolute atomic E-state index is 12.2. The van der Waals surface area contributed by atoms with Crippen molar-refractivity contribution in [2.75, 3.05) is 19.8 Å². The minimum absolute atomic E-state index is 0.0129. The van der Waals surface area contributed by atoms with Crippen molar-refractivity contribution in [3.63, 3.8) is 0 Å². The van der Waals surface area contributed by atoms with Crippen LogP contribution in [0.3, 0.4) is 0 Å². The summed E-state index contributed by atoms with van der Waals surface area (Å²) in [4.78, 5) is 25.0. The van der Waals surface area contributed by atoms with Crippen LogP contribution in [0.25, 0.3) is 0 Å². The van der Waals surface area contributed by atoms with E-state index in [0.29, 0.717) is 19.6 Å². The van der Waals surface area contributed by atoms with Gasteiger partial charge in [0.25, 0.3) is 0 Å². The second kappa shape index (κ2) is 6.75. The SMILES string of the molecule is O=C(O)C1CCCCCN1C(=O)NC1CCCOC1. The van der Waals surface area contributed by atoms with Gasteiger partial charge in [-0.25, -0.2) is 9.59 Å². The fraction of sp³-hybridized carbons (Fsp3) is 0.846. The van der Waals surface area contributed by atoms with Gasteiger partial charge in [-0.2, -0.15) is 0 Å². The smallest absolute Gasteiger partial charge is 0.326 e. The standard InChI is InChI=1S/C13H22N2O4/c16-12(17)11-6-2-1-3-7-15(11)13(18)14-10-5-4-8-19-9-10/h10-11H,1-9H2,(H,14,18)(H,16,17). The molecule has 2 unspecified atom stereocenters. The number of rotatable bonds is 2. The van der Waals surface area contributed by atoms with Crippen LogP contribution in [0, 0.1) is 0 Å². The molecule has 0 aliphatic carbocycles. The van der Waals surface area contributed by atoms with E-state index >= 15 is 0 Å². The molecule has 6 heteroatoms. The lowest BCUT2D eigenvalue weighted by molar-refractivity contribution is -0.142. The zero-order valence-corrected chi connectivity index (χ0v) is 11.1. The molecule has 2 aliphatic rings. The number of hydrogen-bond acceptors (Lipinski definition) is 3. The minimum atomic E-state index is -0.906. The van der Waals surface area contributed by atoms with E-state index in [0.717, 1.165) is 38.7 Å². The number of carbonyl (C=O) groups is 2. The second-order valence-corrected chi connectivity index (χ2v) is 5.26. The monoisotopic (exact) mass is 270 g/mol. The number of aliphatic carboxylic acids is 1. The van der Waals surface area contributed by atoms with E-state index in [1.165, 1.54) is 4.90 Å². The Bertz CT molecular complexity index is 329. The number of amides is 2. The molecule has 108 valence electrons. The number of hydrogen-bond donors (Lipinski definition) is 2. The Morgan fingerprint density at radius 3 is 2.68 bits per heavy atom. The highest BCUT2D eigenvalue weighted by atomic mass is 16.5. The van der Waals surface area contributed by atoms with Crippen molar-refractivity contribution in [3.05, 3.63) is 0 Å². The van der Waals surface area contributed by atoms with Crippen LogP contribution in [-0.4, -0.2) is 53.8 Å². The van der Waals surface area contributed by atoms with E-state index in [1.54, 1.807) is 0 Å². The molecular formula is C13H22N2O4. The van der Waals surface area contributed by atoms with Crippen LogP contribution in [0.15, 0.2) is 0 Å². The van der Waals surface area contributed by atoms with Gasteiger partial charge < -0.3 is 20.1 Å². The average molecular weight is 270 g/mol. The molecule has 19 heavy (non-hydrogen) atoms. The molecule has 0 bridgehead atoms. The molecule has 2 heterocycles. The first-order valence-corrected chi connectivity index (χ1v) is 7.06. The van der Waals surface area contributed by atoms with Crippen molar-refractivity contribution in [2.24, 2.45) is 0 Å². The molecule has 2 aliphatic heterocycles. The molecule has 0 aromatic rings. The van der Waals surface area contributed by atoms with Crippen molar-refractivity contribution in [2.45, 2.75) is 50.6 Å². The molecule has 2 atom stereocenters. The topological polar surface area (TPSA) is 78.9 Å². The second-order valence-electron chi connectivity index (χ2n) is 5.26. The molecule has 2 rings (SSSR count). The van der Waals surface area contributed by atoms with Crippen molar-refractivity contribution in [3.8, 4) is 0 Å². The van der Waals surface area contributed by atoms with Crippen LogP contribution in [0.1, 0.15) is 38.5 Å². The van der Waals surface area contributed by atoms with Crippen molar-refractivity contribution < 1.29 is 19.4 Å². The lowest BCUT2D eigenvalue weighted by Crippen LogP contribution is -2.53. The van der Waals surface area contributed by atoms with Gasteiger partial charge in [-0.1, -0.05) is 12.8 Å². The third-order valence-corrected chi connectivity index (χ3v) is 3.79. The van der Waals surface area contributed by atoms with Gasteiger partial charge in [-0.05, 0) is 25.7 Å². The number of likely N-dealkylation sites (tertiary alicyclic amines) is 1. The first-order valence-electron chi connectivity index (χ1n) is 7.06. The van der Waals surface area contributed by atoms with Gasteiger partial charge in [-0.15, -0.1) is 0 Å². The van der Waals surface area contributed by atoms with E-state index in [9.17, 15) is 14.7 Å². The molecule has 0 aromatic carbocycles. The average Bonchev–Trinajstić information content (AvgIpc) is 2.65. The van der Waals surface area contributed by atoms with E-state index in [1.807, 2.05) is 0 Å². The molecule has 2 fully saturated rings. The summed E-state index contributed by atoms with van der Waals surface area (Å²) in [7, 11) is 0. The quantitative estimate of drug-likeness (QED) is 0.790. The third kappa shape index (κ3) is 3.83. The van der Waals surface area contributed by atoms with E-state index < -0.39 is 12.0 Å². The summed E-state index contributed by atoms with van der Waals surface area (Å²) in [6, 6.07) is -0.934. The Labute approximate surface area is 113 Å². The first kappa shape index (κ1) is 14.1. The zero-order chi connectivity index (χ0) is 13.7. The first-order chi connectivity index (χ1) is 9.18. The van der Waals surface area contributed by atoms with Crippen molar-refractivity contribution >= 4 is 12.0 Å². The summed E-state index contributed by atoms with van der Waals surface area (Å²) >= 11 is 0. The molecular weight excluding hydrogens is 248 g/mol. The van der Waals surface area contributed by atoms with E-state index in [-0.39, 0.29) is 12.1 Å². The number of urea groups is 1. The van der Waals surface area contributed by atoms with Crippen LogP contribution in [0.5, 0.6) is 0 Å². The van der Waals surface area contributed by atoms with Gasteiger partial charge in [0.1, 0.15) is 6.04 Å². The summed E-state index contributed by atoms with van der Waals surface area (Å²) in [5.41, 5.74) is 0. The Hall–Kier alpha value is -1.30. The summed E-state index contributed by atoms with van der Waals surface area (Å²) in [5, 5.41) is 12.1. The van der Waals surface area contributed by atoms with Crippen LogP contribution >= 0.6 is 0 Å². The van der Waals surface area contributed by atoms with Gasteiger partial charge in [0.15, 0.2) is 0 Å². The van der Waals surface area contributed by atoms with Crippen LogP contribution in [0.2, 0.25) is 0 Å². The number of ether oxygens (including phenoxy) is 1. The van der Waals surface area contributed by atoms with Gasteiger partial charge in [0.05, 0.1) is 12.6 Å². The maximum atomic E-state index is 12.2. The lowest BCUT2D eigenvalue weighted by Gasteiger charge is -2.30. The Balaban J connectivity index is 1.95. The molecule has 6 nitrogen and oxygen atoms in total. The molecule has 0 aromatic heterocycles. The molecule has 2 amide bonds. The van der Waals surface area contributed by atoms with Crippen molar-refractivity contribution in [1.82, 2.24) is 10.2 Å². The third-order valence-electron chi connectivity index (χ3n) is 3.79. The van der Waals surface area contributed by atoms with Gasteiger partial charge in [0.2, 0.25) is 0 Å². The zero-order valence-electron chi connectivity index (χ0n) is 11.1. The number of carboxylic acids is 1. The highest BCUT2D eigenvalue weighted by Crippen LogP contribution is 2.17. The molecule has 2 N–H and O–H groups in total. The number of carboxylic acid groups (broad SMARTS) is 1. The predicted molar refractivity (Wildman–Crippen MR) is 69.0 cm³/mol. The van der Waals surface area contributed by atoms with Gasteiger partial charge >= 0.3 is 12.0 Å². The van der Waals surface area contributed by atoms with Crippen LogP contribution in [0.4, 0.5) is 4.79 Å². The number of nitrogens with one attached hydrogen (secondary N) is 1. The van der Waals surface area contributed by atoms with Gasteiger partial charge in [0, 0.05) is 13.2 Å². The molecule has 0 saturated carbocycles. The Morgan fingerprint density at radius 2 is 2.00 bits per heavy atom. The fourth-order valence-corrected chi connectivity index (χ4v) is 2.72. The Kier molecular flexibility index (Phi) is 5.01. The fourth-order valence-electron chi connectivity index (χ4n) is 2.72. The van der Waals surface area contributed by atoms with E-state index in [2.05, 4.69) is 5.32 Å². The molecule has 2 saturated heterocycles. The summed E-state index contributed by atoms with van der Waals surface area (Å²) in [5.74, 6) is -0.906. The van der Waals surface area contributed by atoms with Gasteiger partial charge in [-0.3, -0.25) is 0 Å². The highest BCUT2D eigenvalue weighted by Gasteiger charge is 2.31. The minimum Gasteiger partial charge on any atom is -0.480 e. The maximum Gasteiger partial charge on any atom is 0.326 e. The number of carbonyl (C=O) groups excluding carboxylic acids is 1.